The molecule has 0 aromatic heterocycles. The molecule has 22 heavy (non-hydrogen) atoms. The number of carbonyl (C=O) groups excluding carboxylic acids is 2. The minimum atomic E-state index is -1.02. The third kappa shape index (κ3) is 2.35. The molecule has 1 atom stereocenters. The van der Waals surface area contributed by atoms with Crippen LogP contribution in [0.5, 0.6) is 0 Å². The van der Waals surface area contributed by atoms with E-state index in [9.17, 15) is 19.7 Å². The zero-order valence-electron chi connectivity index (χ0n) is 11.5. The third-order valence-corrected chi connectivity index (χ3v) is 4.22. The molecule has 2 heterocycles. The fourth-order valence-corrected chi connectivity index (χ4v) is 3.15. The Hall–Kier alpha value is -2.35. The smallest absolute Gasteiger partial charge is 0.322 e. The van der Waals surface area contributed by atoms with Crippen LogP contribution in [0, 0.1) is 10.1 Å². The molecule has 1 aromatic carbocycles. The second-order valence-corrected chi connectivity index (χ2v) is 5.84. The number of amides is 3. The zero-order valence-corrected chi connectivity index (χ0v) is 12.2. The van der Waals surface area contributed by atoms with Crippen molar-refractivity contribution < 1.29 is 14.5 Å². The Bertz CT molecular complexity index is 680. The van der Waals surface area contributed by atoms with Gasteiger partial charge >= 0.3 is 6.03 Å². The van der Waals surface area contributed by atoms with Crippen LogP contribution in [0.1, 0.15) is 12.8 Å². The SMILES string of the molecule is O=C1NC(=O)C2(CCCN(c3ccc(Cl)cc3[N+](=O)[O-])C2)N1. The molecule has 0 bridgehead atoms. The summed E-state index contributed by atoms with van der Waals surface area (Å²) in [5.41, 5.74) is -0.750. The van der Waals surface area contributed by atoms with Crippen molar-refractivity contribution >= 4 is 34.9 Å². The zero-order chi connectivity index (χ0) is 15.9. The lowest BCUT2D eigenvalue weighted by Gasteiger charge is -2.39. The van der Waals surface area contributed by atoms with Crippen LogP contribution in [0.4, 0.5) is 16.2 Å². The molecule has 2 N–H and O–H groups in total. The topological polar surface area (TPSA) is 105 Å². The molecule has 116 valence electrons. The molecule has 1 unspecified atom stereocenters. The van der Waals surface area contributed by atoms with E-state index in [0.717, 1.165) is 0 Å². The molecule has 0 saturated carbocycles. The van der Waals surface area contributed by atoms with E-state index in [1.165, 1.54) is 6.07 Å². The number of halogens is 1. The summed E-state index contributed by atoms with van der Waals surface area (Å²) in [5, 5.41) is 16.4. The molecule has 2 aliphatic rings. The Morgan fingerprint density at radius 3 is 2.77 bits per heavy atom. The van der Waals surface area contributed by atoms with Gasteiger partial charge in [0.05, 0.1) is 11.5 Å². The van der Waals surface area contributed by atoms with Gasteiger partial charge in [0.1, 0.15) is 11.2 Å². The Morgan fingerprint density at radius 1 is 1.36 bits per heavy atom. The Morgan fingerprint density at radius 2 is 2.14 bits per heavy atom. The average molecular weight is 325 g/mol. The molecule has 0 aliphatic carbocycles. The highest BCUT2D eigenvalue weighted by Crippen LogP contribution is 2.35. The van der Waals surface area contributed by atoms with Gasteiger partial charge < -0.3 is 10.2 Å². The van der Waals surface area contributed by atoms with Crippen LogP contribution in [0.2, 0.25) is 5.02 Å². The first-order valence-electron chi connectivity index (χ1n) is 6.74. The van der Waals surface area contributed by atoms with Crippen molar-refractivity contribution in [3.63, 3.8) is 0 Å². The van der Waals surface area contributed by atoms with Crippen molar-refractivity contribution in [2.45, 2.75) is 18.4 Å². The average Bonchev–Trinajstić information content (AvgIpc) is 2.72. The number of piperidine rings is 1. The number of hydrogen-bond donors (Lipinski definition) is 2. The van der Waals surface area contributed by atoms with Crippen molar-refractivity contribution in [2.75, 3.05) is 18.0 Å². The molecule has 2 saturated heterocycles. The monoisotopic (exact) mass is 324 g/mol. The third-order valence-electron chi connectivity index (χ3n) is 3.98. The van der Waals surface area contributed by atoms with E-state index in [1.807, 2.05) is 0 Å². The number of rotatable bonds is 2. The van der Waals surface area contributed by atoms with E-state index in [4.69, 9.17) is 11.6 Å². The first kappa shape index (κ1) is 14.6. The maximum Gasteiger partial charge on any atom is 0.322 e. The molecule has 0 radical (unpaired) electrons. The summed E-state index contributed by atoms with van der Waals surface area (Å²) < 4.78 is 0. The molecule has 2 aliphatic heterocycles. The van der Waals surface area contributed by atoms with Crippen molar-refractivity contribution in [3.05, 3.63) is 33.3 Å². The van der Waals surface area contributed by atoms with Gasteiger partial charge in [-0.3, -0.25) is 20.2 Å². The lowest BCUT2D eigenvalue weighted by molar-refractivity contribution is -0.384. The number of urea groups is 1. The lowest BCUT2D eigenvalue weighted by Crippen LogP contribution is -2.58. The van der Waals surface area contributed by atoms with Gasteiger partial charge in [-0.2, -0.15) is 0 Å². The molecule has 9 heteroatoms. The van der Waals surface area contributed by atoms with Gasteiger partial charge in [0, 0.05) is 17.6 Å². The largest absolute Gasteiger partial charge is 0.363 e. The van der Waals surface area contributed by atoms with Gasteiger partial charge in [0.25, 0.3) is 11.6 Å². The minimum Gasteiger partial charge on any atom is -0.363 e. The van der Waals surface area contributed by atoms with E-state index in [-0.39, 0.29) is 23.2 Å². The van der Waals surface area contributed by atoms with Gasteiger partial charge in [0.2, 0.25) is 0 Å². The van der Waals surface area contributed by atoms with Gasteiger partial charge in [-0.1, -0.05) is 11.6 Å². The Kier molecular flexibility index (Phi) is 3.40. The van der Waals surface area contributed by atoms with Gasteiger partial charge in [-0.05, 0) is 25.0 Å². The van der Waals surface area contributed by atoms with Crippen LogP contribution in [-0.2, 0) is 4.79 Å². The van der Waals surface area contributed by atoms with Crippen LogP contribution in [0.15, 0.2) is 18.2 Å². The highest BCUT2D eigenvalue weighted by molar-refractivity contribution is 6.30. The fourth-order valence-electron chi connectivity index (χ4n) is 2.99. The second-order valence-electron chi connectivity index (χ2n) is 5.41. The van der Waals surface area contributed by atoms with Crippen LogP contribution in [0.3, 0.4) is 0 Å². The standard InChI is InChI=1S/C13H13ClN4O4/c14-8-2-3-9(10(6-8)18(21)22)17-5-1-4-13(7-17)11(19)15-12(20)16-13/h2-3,6H,1,4-5,7H2,(H2,15,16,19,20). The number of hydrogen-bond acceptors (Lipinski definition) is 5. The summed E-state index contributed by atoms with van der Waals surface area (Å²) in [5.74, 6) is -0.390. The first-order chi connectivity index (χ1) is 10.4. The number of nitrogens with one attached hydrogen (secondary N) is 2. The number of benzene rings is 1. The van der Waals surface area contributed by atoms with Crippen LogP contribution in [-0.4, -0.2) is 35.5 Å². The molecule has 3 rings (SSSR count). The number of imide groups is 1. The number of nitro benzene ring substituents is 1. The number of carbonyl (C=O) groups is 2. The summed E-state index contributed by atoms with van der Waals surface area (Å²) in [6, 6.07) is 3.88. The number of nitrogens with zero attached hydrogens (tertiary/aromatic N) is 2. The molecule has 1 spiro atoms. The molecule has 8 nitrogen and oxygen atoms in total. The predicted molar refractivity (Wildman–Crippen MR) is 79.0 cm³/mol. The van der Waals surface area contributed by atoms with Gasteiger partial charge in [-0.25, -0.2) is 4.79 Å². The van der Waals surface area contributed by atoms with E-state index in [1.54, 1.807) is 17.0 Å². The van der Waals surface area contributed by atoms with Gasteiger partial charge in [0.15, 0.2) is 0 Å². The highest BCUT2D eigenvalue weighted by Gasteiger charge is 2.49. The van der Waals surface area contributed by atoms with Crippen LogP contribution in [0.25, 0.3) is 0 Å². The van der Waals surface area contributed by atoms with E-state index in [2.05, 4.69) is 10.6 Å². The number of nitro groups is 1. The van der Waals surface area contributed by atoms with Crippen molar-refractivity contribution in [3.8, 4) is 0 Å². The van der Waals surface area contributed by atoms with Crippen molar-refractivity contribution in [1.29, 1.82) is 0 Å². The van der Waals surface area contributed by atoms with E-state index < -0.39 is 16.5 Å². The van der Waals surface area contributed by atoms with E-state index >= 15 is 0 Å². The summed E-state index contributed by atoms with van der Waals surface area (Å²) in [6.07, 6.45) is 1.13. The first-order valence-corrected chi connectivity index (χ1v) is 7.12. The molecule has 3 amide bonds. The van der Waals surface area contributed by atoms with Crippen molar-refractivity contribution in [2.24, 2.45) is 0 Å². The Labute approximate surface area is 130 Å². The van der Waals surface area contributed by atoms with E-state index in [0.29, 0.717) is 25.1 Å². The quantitative estimate of drug-likeness (QED) is 0.486. The summed E-state index contributed by atoms with van der Waals surface area (Å²) in [4.78, 5) is 35.9. The molecular weight excluding hydrogens is 312 g/mol. The van der Waals surface area contributed by atoms with Crippen LogP contribution < -0.4 is 15.5 Å². The highest BCUT2D eigenvalue weighted by atomic mass is 35.5. The maximum absolute atomic E-state index is 12.0. The molecule has 2 fully saturated rings. The molecular formula is C13H13ClN4O4. The summed E-state index contributed by atoms with van der Waals surface area (Å²) in [7, 11) is 0. The number of anilines is 1. The molecule has 1 aromatic rings. The summed E-state index contributed by atoms with van der Waals surface area (Å²) in [6.45, 7) is 0.750. The minimum absolute atomic E-state index is 0.116. The maximum atomic E-state index is 12.0. The second kappa shape index (κ2) is 5.13. The fraction of sp³-hybridized carbons (Fsp3) is 0.385. The van der Waals surface area contributed by atoms with Crippen LogP contribution >= 0.6 is 11.6 Å². The lowest BCUT2D eigenvalue weighted by atomic mass is 9.89. The Balaban J connectivity index is 1.95. The summed E-state index contributed by atoms with van der Waals surface area (Å²) >= 11 is 5.82. The van der Waals surface area contributed by atoms with Crippen molar-refractivity contribution in [1.82, 2.24) is 10.6 Å². The normalized spacial score (nSPS) is 24.3. The van der Waals surface area contributed by atoms with Gasteiger partial charge in [-0.15, -0.1) is 0 Å². The predicted octanol–water partition coefficient (Wildman–Crippen LogP) is 1.43.